The first-order valence-corrected chi connectivity index (χ1v) is 6.35. The fourth-order valence-corrected chi connectivity index (χ4v) is 1.88. The Morgan fingerprint density at radius 1 is 1.37 bits per heavy atom. The van der Waals surface area contributed by atoms with Crippen LogP contribution >= 0.6 is 0 Å². The van der Waals surface area contributed by atoms with Crippen molar-refractivity contribution >= 4 is 17.7 Å². The highest BCUT2D eigenvalue weighted by atomic mass is 16.4. The normalized spacial score (nSPS) is 11.7. The third kappa shape index (κ3) is 4.62. The Balaban J connectivity index is 2.65. The largest absolute Gasteiger partial charge is 0.478 e. The molecule has 1 aromatic carbocycles. The molecule has 5 heteroatoms. The number of hydrogen-bond donors (Lipinski definition) is 3. The Hall–Kier alpha value is -2.04. The number of benzene rings is 1. The summed E-state index contributed by atoms with van der Waals surface area (Å²) in [6.07, 6.45) is 1.93. The van der Waals surface area contributed by atoms with Crippen LogP contribution in [0, 0.1) is 6.92 Å². The topological polar surface area (TPSA) is 78.4 Å². The zero-order valence-corrected chi connectivity index (χ0v) is 11.5. The van der Waals surface area contributed by atoms with Gasteiger partial charge < -0.3 is 15.7 Å². The summed E-state index contributed by atoms with van der Waals surface area (Å²) < 4.78 is 0. The summed E-state index contributed by atoms with van der Waals surface area (Å²) in [5, 5.41) is 14.4. The second-order valence-electron chi connectivity index (χ2n) is 4.62. The van der Waals surface area contributed by atoms with Gasteiger partial charge in [0.2, 0.25) is 0 Å². The number of carboxylic acid groups (broad SMARTS) is 1. The maximum atomic E-state index is 11.7. The Bertz CT molecular complexity index is 472. The molecule has 0 radical (unpaired) electrons. The van der Waals surface area contributed by atoms with Crippen LogP contribution in [0.2, 0.25) is 0 Å². The van der Waals surface area contributed by atoms with E-state index in [1.807, 2.05) is 6.92 Å². The molecular formula is C14H20N2O3. The van der Waals surface area contributed by atoms with Gasteiger partial charge in [-0.15, -0.1) is 0 Å². The molecule has 1 unspecified atom stereocenters. The quantitative estimate of drug-likeness (QED) is 0.765. The van der Waals surface area contributed by atoms with Gasteiger partial charge in [0.1, 0.15) is 0 Å². The zero-order valence-electron chi connectivity index (χ0n) is 11.5. The lowest BCUT2D eigenvalue weighted by molar-refractivity contribution is 0.0696. The molecule has 1 aromatic rings. The lowest BCUT2D eigenvalue weighted by Crippen LogP contribution is -2.35. The van der Waals surface area contributed by atoms with Crippen molar-refractivity contribution in [2.45, 2.75) is 39.7 Å². The fourth-order valence-electron chi connectivity index (χ4n) is 1.88. The van der Waals surface area contributed by atoms with Crippen molar-refractivity contribution in [3.63, 3.8) is 0 Å². The zero-order chi connectivity index (χ0) is 14.4. The number of aryl methyl sites for hydroxylation is 1. The molecule has 1 atom stereocenters. The molecule has 0 saturated heterocycles. The molecule has 0 spiro atoms. The van der Waals surface area contributed by atoms with Gasteiger partial charge in [0.05, 0.1) is 5.56 Å². The van der Waals surface area contributed by atoms with Gasteiger partial charge >= 0.3 is 12.0 Å². The predicted octanol–water partition coefficient (Wildman–Crippen LogP) is 3.00. The van der Waals surface area contributed by atoms with Crippen molar-refractivity contribution < 1.29 is 14.7 Å². The molecule has 104 valence electrons. The Kier molecular flexibility index (Phi) is 5.36. The second kappa shape index (κ2) is 6.78. The molecule has 2 amide bonds. The number of carbonyl (C=O) groups excluding carboxylic acids is 1. The van der Waals surface area contributed by atoms with Gasteiger partial charge in [-0.05, 0) is 44.0 Å². The van der Waals surface area contributed by atoms with Crippen LogP contribution in [0.1, 0.15) is 42.6 Å². The van der Waals surface area contributed by atoms with E-state index in [9.17, 15) is 9.59 Å². The minimum atomic E-state index is -0.968. The van der Waals surface area contributed by atoms with Crippen molar-refractivity contribution in [1.29, 1.82) is 0 Å². The minimum absolute atomic E-state index is 0.115. The van der Waals surface area contributed by atoms with Crippen molar-refractivity contribution in [2.24, 2.45) is 0 Å². The molecule has 3 N–H and O–H groups in total. The number of hydrogen-bond acceptors (Lipinski definition) is 2. The molecule has 0 saturated carbocycles. The predicted molar refractivity (Wildman–Crippen MR) is 74.7 cm³/mol. The third-order valence-corrected chi connectivity index (χ3v) is 2.81. The highest BCUT2D eigenvalue weighted by Gasteiger charge is 2.10. The molecule has 0 heterocycles. The maximum Gasteiger partial charge on any atom is 0.335 e. The summed E-state index contributed by atoms with van der Waals surface area (Å²) in [6.45, 7) is 5.71. The molecule has 5 nitrogen and oxygen atoms in total. The van der Waals surface area contributed by atoms with Crippen LogP contribution in [0.4, 0.5) is 10.5 Å². The van der Waals surface area contributed by atoms with Crippen molar-refractivity contribution in [3.8, 4) is 0 Å². The summed E-state index contributed by atoms with van der Waals surface area (Å²) in [5.74, 6) is -0.968. The van der Waals surface area contributed by atoms with Crippen LogP contribution in [0.5, 0.6) is 0 Å². The van der Waals surface area contributed by atoms with Crippen molar-refractivity contribution in [2.75, 3.05) is 5.32 Å². The number of urea groups is 1. The lowest BCUT2D eigenvalue weighted by atomic mass is 10.1. The second-order valence-corrected chi connectivity index (χ2v) is 4.62. The van der Waals surface area contributed by atoms with Gasteiger partial charge in [-0.1, -0.05) is 13.3 Å². The van der Waals surface area contributed by atoms with E-state index in [0.29, 0.717) is 11.3 Å². The van der Waals surface area contributed by atoms with Crippen LogP contribution < -0.4 is 10.6 Å². The molecule has 0 aliphatic carbocycles. The molecule has 0 aliphatic heterocycles. The van der Waals surface area contributed by atoms with Gasteiger partial charge in [-0.25, -0.2) is 9.59 Å². The number of carbonyl (C=O) groups is 2. The number of nitrogens with one attached hydrogen (secondary N) is 2. The molecule has 1 rings (SSSR count). The molecule has 0 bridgehead atoms. The molecular weight excluding hydrogens is 244 g/mol. The van der Waals surface area contributed by atoms with E-state index in [-0.39, 0.29) is 17.6 Å². The SMILES string of the molecule is CCCC(C)NC(=O)Nc1ccc(C(=O)O)c(C)c1. The summed E-state index contributed by atoms with van der Waals surface area (Å²) in [7, 11) is 0. The van der Waals surface area contributed by atoms with Gasteiger partial charge in [0.25, 0.3) is 0 Å². The van der Waals surface area contributed by atoms with Gasteiger partial charge in [0.15, 0.2) is 0 Å². The van der Waals surface area contributed by atoms with E-state index in [4.69, 9.17) is 5.11 Å². The van der Waals surface area contributed by atoms with Crippen molar-refractivity contribution in [3.05, 3.63) is 29.3 Å². The third-order valence-electron chi connectivity index (χ3n) is 2.81. The minimum Gasteiger partial charge on any atom is -0.478 e. The molecule has 0 aliphatic rings. The first-order valence-electron chi connectivity index (χ1n) is 6.35. The molecule has 0 fully saturated rings. The summed E-state index contributed by atoms with van der Waals surface area (Å²) in [4.78, 5) is 22.6. The fraction of sp³-hybridized carbons (Fsp3) is 0.429. The smallest absolute Gasteiger partial charge is 0.335 e. The maximum absolute atomic E-state index is 11.7. The average molecular weight is 264 g/mol. The van der Waals surface area contributed by atoms with Crippen LogP contribution in [0.15, 0.2) is 18.2 Å². The monoisotopic (exact) mass is 264 g/mol. The van der Waals surface area contributed by atoms with E-state index in [2.05, 4.69) is 17.6 Å². The first-order chi connectivity index (χ1) is 8.93. The van der Waals surface area contributed by atoms with E-state index in [1.165, 1.54) is 6.07 Å². The molecule has 19 heavy (non-hydrogen) atoms. The summed E-state index contributed by atoms with van der Waals surface area (Å²) in [5.41, 5.74) is 1.45. The highest BCUT2D eigenvalue weighted by Crippen LogP contribution is 2.15. The lowest BCUT2D eigenvalue weighted by Gasteiger charge is -2.14. The first kappa shape index (κ1) is 15.0. The van der Waals surface area contributed by atoms with Crippen LogP contribution in [-0.2, 0) is 0 Å². The number of anilines is 1. The van der Waals surface area contributed by atoms with Gasteiger partial charge in [0, 0.05) is 11.7 Å². The number of amides is 2. The molecule has 0 aromatic heterocycles. The summed E-state index contributed by atoms with van der Waals surface area (Å²) >= 11 is 0. The number of rotatable bonds is 5. The number of aromatic carboxylic acids is 1. The Labute approximate surface area is 113 Å². The Morgan fingerprint density at radius 2 is 2.05 bits per heavy atom. The highest BCUT2D eigenvalue weighted by molar-refractivity contribution is 5.92. The van der Waals surface area contributed by atoms with E-state index < -0.39 is 5.97 Å². The van der Waals surface area contributed by atoms with Crippen LogP contribution in [0.3, 0.4) is 0 Å². The van der Waals surface area contributed by atoms with Gasteiger partial charge in [-0.2, -0.15) is 0 Å². The van der Waals surface area contributed by atoms with Crippen LogP contribution in [0.25, 0.3) is 0 Å². The van der Waals surface area contributed by atoms with Crippen molar-refractivity contribution in [1.82, 2.24) is 5.32 Å². The summed E-state index contributed by atoms with van der Waals surface area (Å²) in [6, 6.07) is 4.56. The average Bonchev–Trinajstić information content (AvgIpc) is 2.28. The van der Waals surface area contributed by atoms with Crippen LogP contribution in [-0.4, -0.2) is 23.1 Å². The van der Waals surface area contributed by atoms with E-state index in [0.717, 1.165) is 12.8 Å². The number of carboxylic acids is 1. The van der Waals surface area contributed by atoms with Gasteiger partial charge in [-0.3, -0.25) is 0 Å². The van der Waals surface area contributed by atoms with E-state index in [1.54, 1.807) is 19.1 Å². The Morgan fingerprint density at radius 3 is 2.58 bits per heavy atom. The van der Waals surface area contributed by atoms with E-state index >= 15 is 0 Å². The standard InChI is InChI=1S/C14H20N2O3/c1-4-5-10(3)15-14(19)16-11-6-7-12(13(17)18)9(2)8-11/h6-8,10H,4-5H2,1-3H3,(H,17,18)(H2,15,16,19).